The van der Waals surface area contributed by atoms with Crippen molar-refractivity contribution in [3.05, 3.63) is 47.0 Å². The van der Waals surface area contributed by atoms with Crippen LogP contribution in [0.15, 0.2) is 30.3 Å². The van der Waals surface area contributed by atoms with Gasteiger partial charge in [-0.2, -0.15) is 0 Å². The van der Waals surface area contributed by atoms with Crippen LogP contribution in [-0.2, 0) is 19.4 Å². The van der Waals surface area contributed by atoms with Gasteiger partial charge in [0.2, 0.25) is 0 Å². The van der Waals surface area contributed by atoms with E-state index < -0.39 is 0 Å². The molecular formula is C13H13N. The van der Waals surface area contributed by atoms with Crippen LogP contribution in [0.5, 0.6) is 0 Å². The van der Waals surface area contributed by atoms with E-state index in [4.69, 9.17) is 5.73 Å². The maximum atomic E-state index is 5.76. The minimum absolute atomic E-state index is 0.647. The molecule has 3 rings (SSSR count). The number of aryl methyl sites for hydroxylation is 2. The zero-order valence-electron chi connectivity index (χ0n) is 8.09. The monoisotopic (exact) mass is 183 g/mol. The van der Waals surface area contributed by atoms with E-state index in [0.717, 1.165) is 0 Å². The summed E-state index contributed by atoms with van der Waals surface area (Å²) in [6.07, 6.45) is 2.47. The number of hydrogen-bond donors (Lipinski definition) is 1. The summed E-state index contributed by atoms with van der Waals surface area (Å²) in [5.74, 6) is 0. The maximum absolute atomic E-state index is 5.76. The first-order valence-electron chi connectivity index (χ1n) is 5.12. The van der Waals surface area contributed by atoms with Crippen molar-refractivity contribution in [1.82, 2.24) is 0 Å². The average Bonchev–Trinajstić information content (AvgIpc) is 2.18. The van der Waals surface area contributed by atoms with Crippen LogP contribution in [0.2, 0.25) is 0 Å². The molecule has 70 valence electrons. The fourth-order valence-electron chi connectivity index (χ4n) is 2.34. The Morgan fingerprint density at radius 1 is 1.07 bits per heavy atom. The third-order valence-electron chi connectivity index (χ3n) is 3.20. The predicted octanol–water partition coefficient (Wildman–Crippen LogP) is 2.40. The summed E-state index contributed by atoms with van der Waals surface area (Å²) in [6.45, 7) is 0.647. The van der Waals surface area contributed by atoms with Crippen LogP contribution >= 0.6 is 0 Å². The molecule has 14 heavy (non-hydrogen) atoms. The third kappa shape index (κ3) is 0.933. The van der Waals surface area contributed by atoms with Crippen molar-refractivity contribution in [1.29, 1.82) is 0 Å². The standard InChI is InChI=1S/C13H13N/c14-8-10-7-9-5-6-12(9)13-4-2-1-3-11(10)13/h1-4,7H,5-6,8,14H2. The zero-order chi connectivity index (χ0) is 9.54. The van der Waals surface area contributed by atoms with Crippen molar-refractivity contribution < 1.29 is 0 Å². The largest absolute Gasteiger partial charge is 0.326 e. The van der Waals surface area contributed by atoms with Gasteiger partial charge >= 0.3 is 0 Å². The highest BCUT2D eigenvalue weighted by atomic mass is 14.5. The lowest BCUT2D eigenvalue weighted by atomic mass is 9.82. The molecule has 2 aromatic rings. The Bertz CT molecular complexity index is 500. The van der Waals surface area contributed by atoms with Crippen LogP contribution in [0.4, 0.5) is 0 Å². The molecule has 0 saturated carbocycles. The van der Waals surface area contributed by atoms with E-state index in [0.29, 0.717) is 6.54 Å². The zero-order valence-corrected chi connectivity index (χ0v) is 8.09. The number of benzene rings is 2. The average molecular weight is 183 g/mol. The molecule has 0 saturated heterocycles. The van der Waals surface area contributed by atoms with E-state index in [1.165, 1.54) is 40.3 Å². The Morgan fingerprint density at radius 2 is 1.86 bits per heavy atom. The smallest absolute Gasteiger partial charge is 0.0184 e. The van der Waals surface area contributed by atoms with Gasteiger partial charge in [0.25, 0.3) is 0 Å². The highest BCUT2D eigenvalue weighted by Gasteiger charge is 2.17. The fourth-order valence-corrected chi connectivity index (χ4v) is 2.34. The van der Waals surface area contributed by atoms with Crippen LogP contribution in [0.1, 0.15) is 16.7 Å². The molecule has 0 aliphatic heterocycles. The normalized spacial score (nSPS) is 13.8. The van der Waals surface area contributed by atoms with Crippen molar-refractivity contribution in [2.24, 2.45) is 5.73 Å². The van der Waals surface area contributed by atoms with Gasteiger partial charge in [-0.3, -0.25) is 0 Å². The van der Waals surface area contributed by atoms with Crippen molar-refractivity contribution in [3.8, 4) is 0 Å². The van der Waals surface area contributed by atoms with E-state index in [1.54, 1.807) is 0 Å². The topological polar surface area (TPSA) is 26.0 Å². The van der Waals surface area contributed by atoms with Crippen molar-refractivity contribution in [3.63, 3.8) is 0 Å². The molecule has 0 atom stereocenters. The van der Waals surface area contributed by atoms with Gasteiger partial charge in [0.1, 0.15) is 0 Å². The molecule has 1 nitrogen and oxygen atoms in total. The Balaban J connectivity index is 2.44. The molecule has 1 aliphatic rings. The first-order chi connectivity index (χ1) is 6.90. The summed E-state index contributed by atoms with van der Waals surface area (Å²) in [7, 11) is 0. The molecule has 0 amide bonds. The number of rotatable bonds is 1. The minimum Gasteiger partial charge on any atom is -0.326 e. The Kier molecular flexibility index (Phi) is 1.62. The van der Waals surface area contributed by atoms with Crippen molar-refractivity contribution >= 4 is 10.8 Å². The molecule has 0 aromatic heterocycles. The van der Waals surface area contributed by atoms with Gasteiger partial charge in [-0.25, -0.2) is 0 Å². The summed E-state index contributed by atoms with van der Waals surface area (Å²) in [5.41, 5.74) is 10.1. The van der Waals surface area contributed by atoms with Crippen LogP contribution < -0.4 is 5.73 Å². The molecule has 0 bridgehead atoms. The van der Waals surface area contributed by atoms with Crippen molar-refractivity contribution in [2.75, 3.05) is 0 Å². The van der Waals surface area contributed by atoms with Gasteiger partial charge < -0.3 is 5.73 Å². The quantitative estimate of drug-likeness (QED) is 0.721. The summed E-state index contributed by atoms with van der Waals surface area (Å²) >= 11 is 0. The summed E-state index contributed by atoms with van der Waals surface area (Å²) in [5, 5.41) is 2.75. The third-order valence-corrected chi connectivity index (χ3v) is 3.20. The molecule has 1 heteroatoms. The Morgan fingerprint density at radius 3 is 2.50 bits per heavy atom. The lowest BCUT2D eigenvalue weighted by molar-refractivity contribution is 0.846. The van der Waals surface area contributed by atoms with E-state index in [1.807, 2.05) is 0 Å². The molecular weight excluding hydrogens is 170 g/mol. The highest BCUT2D eigenvalue weighted by Crippen LogP contribution is 2.33. The molecule has 0 unspecified atom stereocenters. The summed E-state index contributed by atoms with van der Waals surface area (Å²) in [6, 6.07) is 10.9. The van der Waals surface area contributed by atoms with Gasteiger partial charge in [-0.05, 0) is 40.3 Å². The fraction of sp³-hybridized carbons (Fsp3) is 0.231. The molecule has 0 heterocycles. The molecule has 2 N–H and O–H groups in total. The van der Waals surface area contributed by atoms with E-state index >= 15 is 0 Å². The summed E-state index contributed by atoms with van der Waals surface area (Å²) < 4.78 is 0. The number of nitrogens with two attached hydrogens (primary N) is 1. The van der Waals surface area contributed by atoms with Crippen LogP contribution in [0.3, 0.4) is 0 Å². The summed E-state index contributed by atoms with van der Waals surface area (Å²) in [4.78, 5) is 0. The van der Waals surface area contributed by atoms with E-state index in [-0.39, 0.29) is 0 Å². The second kappa shape index (κ2) is 2.82. The van der Waals surface area contributed by atoms with Crippen LogP contribution in [0, 0.1) is 0 Å². The second-order valence-electron chi connectivity index (χ2n) is 3.92. The SMILES string of the molecule is NCc1cc2c(c3ccccc13)CC2. The first kappa shape index (κ1) is 8.01. The van der Waals surface area contributed by atoms with Crippen LogP contribution in [0.25, 0.3) is 10.8 Å². The van der Waals surface area contributed by atoms with Crippen molar-refractivity contribution in [2.45, 2.75) is 19.4 Å². The number of fused-ring (bicyclic) bond motifs is 3. The minimum atomic E-state index is 0.647. The molecule has 2 aromatic carbocycles. The van der Waals surface area contributed by atoms with Gasteiger partial charge in [0.15, 0.2) is 0 Å². The Hall–Kier alpha value is -1.34. The lowest BCUT2D eigenvalue weighted by Crippen LogP contribution is -2.11. The van der Waals surface area contributed by atoms with E-state index in [2.05, 4.69) is 30.3 Å². The number of hydrogen-bond acceptors (Lipinski definition) is 1. The highest BCUT2D eigenvalue weighted by molar-refractivity contribution is 5.90. The molecule has 1 aliphatic carbocycles. The van der Waals surface area contributed by atoms with Gasteiger partial charge in [-0.15, -0.1) is 0 Å². The second-order valence-corrected chi connectivity index (χ2v) is 3.92. The molecule has 0 radical (unpaired) electrons. The van der Waals surface area contributed by atoms with Gasteiger partial charge in [0.05, 0.1) is 0 Å². The first-order valence-corrected chi connectivity index (χ1v) is 5.12. The van der Waals surface area contributed by atoms with E-state index in [9.17, 15) is 0 Å². The molecule has 0 fully saturated rings. The maximum Gasteiger partial charge on any atom is 0.0184 e. The van der Waals surface area contributed by atoms with Gasteiger partial charge in [0, 0.05) is 6.54 Å². The van der Waals surface area contributed by atoms with Crippen LogP contribution in [-0.4, -0.2) is 0 Å². The Labute approximate surface area is 83.5 Å². The van der Waals surface area contributed by atoms with Gasteiger partial charge in [-0.1, -0.05) is 30.3 Å². The predicted molar refractivity (Wildman–Crippen MR) is 59.2 cm³/mol. The molecule has 0 spiro atoms. The lowest BCUT2D eigenvalue weighted by Gasteiger charge is -2.23.